The standard InChI is InChI=1S/C13H20O2/c1-9(2)10-6-5-7-11(12(10)15)13(3,4)8-14/h5-7,9,14-15H,8H2,1-4H3. The van der Waals surface area contributed by atoms with Gasteiger partial charge in [0.15, 0.2) is 0 Å². The Labute approximate surface area is 91.6 Å². The van der Waals surface area contributed by atoms with Gasteiger partial charge in [0.05, 0.1) is 6.61 Å². The normalized spacial score (nSPS) is 12.1. The summed E-state index contributed by atoms with van der Waals surface area (Å²) in [6.45, 7) is 7.97. The maximum atomic E-state index is 10.1. The predicted molar refractivity (Wildman–Crippen MR) is 62.3 cm³/mol. The molecule has 0 aliphatic carbocycles. The smallest absolute Gasteiger partial charge is 0.122 e. The third-order valence-corrected chi connectivity index (χ3v) is 2.81. The summed E-state index contributed by atoms with van der Waals surface area (Å²) in [4.78, 5) is 0. The van der Waals surface area contributed by atoms with Crippen molar-refractivity contribution in [1.82, 2.24) is 0 Å². The molecule has 0 aliphatic heterocycles. The highest BCUT2D eigenvalue weighted by Gasteiger charge is 2.24. The summed E-state index contributed by atoms with van der Waals surface area (Å²) in [6.07, 6.45) is 0. The molecule has 0 aliphatic rings. The molecule has 15 heavy (non-hydrogen) atoms. The number of aliphatic hydroxyl groups is 1. The molecule has 0 bridgehead atoms. The monoisotopic (exact) mass is 208 g/mol. The fraction of sp³-hybridized carbons (Fsp3) is 0.538. The lowest BCUT2D eigenvalue weighted by Gasteiger charge is -2.25. The number of rotatable bonds is 3. The van der Waals surface area contributed by atoms with Gasteiger partial charge in [-0.05, 0) is 11.5 Å². The third-order valence-electron chi connectivity index (χ3n) is 2.81. The number of benzene rings is 1. The first-order valence-electron chi connectivity index (χ1n) is 5.33. The van der Waals surface area contributed by atoms with Crippen molar-refractivity contribution >= 4 is 0 Å². The summed E-state index contributed by atoms with van der Waals surface area (Å²) in [7, 11) is 0. The van der Waals surface area contributed by atoms with Crippen molar-refractivity contribution in [3.63, 3.8) is 0 Å². The first kappa shape index (κ1) is 12.1. The van der Waals surface area contributed by atoms with Crippen molar-refractivity contribution in [2.75, 3.05) is 6.61 Å². The molecule has 0 fully saturated rings. The largest absolute Gasteiger partial charge is 0.507 e. The zero-order valence-corrected chi connectivity index (χ0v) is 9.91. The van der Waals surface area contributed by atoms with E-state index in [2.05, 4.69) is 0 Å². The Kier molecular flexibility index (Phi) is 3.40. The fourth-order valence-electron chi connectivity index (χ4n) is 1.66. The Morgan fingerprint density at radius 3 is 2.33 bits per heavy atom. The number of phenolic OH excluding ortho intramolecular Hbond substituents is 1. The number of aromatic hydroxyl groups is 1. The van der Waals surface area contributed by atoms with Crippen molar-refractivity contribution in [1.29, 1.82) is 0 Å². The van der Waals surface area contributed by atoms with Crippen LogP contribution in [0.5, 0.6) is 5.75 Å². The maximum Gasteiger partial charge on any atom is 0.122 e. The molecule has 0 atom stereocenters. The van der Waals surface area contributed by atoms with E-state index >= 15 is 0 Å². The average Bonchev–Trinajstić information content (AvgIpc) is 2.17. The van der Waals surface area contributed by atoms with Crippen molar-refractivity contribution < 1.29 is 10.2 Å². The van der Waals surface area contributed by atoms with E-state index in [1.807, 2.05) is 45.9 Å². The van der Waals surface area contributed by atoms with E-state index in [4.69, 9.17) is 0 Å². The summed E-state index contributed by atoms with van der Waals surface area (Å²) in [5, 5.41) is 19.4. The third kappa shape index (κ3) is 2.32. The molecule has 2 nitrogen and oxygen atoms in total. The van der Waals surface area contributed by atoms with E-state index < -0.39 is 5.41 Å². The van der Waals surface area contributed by atoms with Gasteiger partial charge >= 0.3 is 0 Å². The van der Waals surface area contributed by atoms with Crippen LogP contribution >= 0.6 is 0 Å². The van der Waals surface area contributed by atoms with Gasteiger partial charge in [0.25, 0.3) is 0 Å². The summed E-state index contributed by atoms with van der Waals surface area (Å²) in [6, 6.07) is 5.73. The molecule has 0 saturated carbocycles. The molecule has 0 heterocycles. The second kappa shape index (κ2) is 4.23. The van der Waals surface area contributed by atoms with Gasteiger partial charge < -0.3 is 10.2 Å². The van der Waals surface area contributed by atoms with Gasteiger partial charge in [-0.25, -0.2) is 0 Å². The van der Waals surface area contributed by atoms with Gasteiger partial charge in [0.1, 0.15) is 5.75 Å². The lowest BCUT2D eigenvalue weighted by atomic mass is 9.82. The fourth-order valence-corrected chi connectivity index (χ4v) is 1.66. The summed E-state index contributed by atoms with van der Waals surface area (Å²) < 4.78 is 0. The van der Waals surface area contributed by atoms with Crippen molar-refractivity contribution in [2.45, 2.75) is 39.0 Å². The van der Waals surface area contributed by atoms with E-state index in [0.29, 0.717) is 11.7 Å². The Hall–Kier alpha value is -1.02. The van der Waals surface area contributed by atoms with Crippen LogP contribution in [0.15, 0.2) is 18.2 Å². The highest BCUT2D eigenvalue weighted by atomic mass is 16.3. The van der Waals surface area contributed by atoms with E-state index in [1.54, 1.807) is 0 Å². The minimum absolute atomic E-state index is 0.0299. The number of para-hydroxylation sites is 1. The second-order valence-corrected chi connectivity index (χ2v) is 4.94. The minimum Gasteiger partial charge on any atom is -0.507 e. The Balaban J connectivity index is 3.27. The van der Waals surface area contributed by atoms with Crippen LogP contribution < -0.4 is 0 Å². The Bertz CT molecular complexity index is 340. The van der Waals surface area contributed by atoms with Gasteiger partial charge in [0.2, 0.25) is 0 Å². The van der Waals surface area contributed by atoms with Crippen molar-refractivity contribution in [3.05, 3.63) is 29.3 Å². The number of aliphatic hydroxyl groups excluding tert-OH is 1. The number of hydrogen-bond acceptors (Lipinski definition) is 2. The van der Waals surface area contributed by atoms with Crippen LogP contribution in [0.4, 0.5) is 0 Å². The first-order valence-corrected chi connectivity index (χ1v) is 5.33. The summed E-state index contributed by atoms with van der Waals surface area (Å²) in [5.74, 6) is 0.617. The highest BCUT2D eigenvalue weighted by molar-refractivity contribution is 5.45. The van der Waals surface area contributed by atoms with Crippen molar-refractivity contribution in [3.8, 4) is 5.75 Å². The lowest BCUT2D eigenvalue weighted by Crippen LogP contribution is -2.22. The molecule has 1 aromatic carbocycles. The van der Waals surface area contributed by atoms with Gasteiger partial charge in [0, 0.05) is 11.0 Å². The molecule has 2 N–H and O–H groups in total. The Morgan fingerprint density at radius 1 is 1.27 bits per heavy atom. The predicted octanol–water partition coefficient (Wildman–Crippen LogP) is 2.79. The first-order chi connectivity index (χ1) is 6.90. The zero-order valence-electron chi connectivity index (χ0n) is 9.91. The average molecular weight is 208 g/mol. The lowest BCUT2D eigenvalue weighted by molar-refractivity contribution is 0.215. The Morgan fingerprint density at radius 2 is 1.87 bits per heavy atom. The number of phenols is 1. The van der Waals surface area contributed by atoms with Crippen LogP contribution in [0.2, 0.25) is 0 Å². The summed E-state index contributed by atoms with van der Waals surface area (Å²) in [5.41, 5.74) is 1.36. The van der Waals surface area contributed by atoms with Gasteiger partial charge in [-0.15, -0.1) is 0 Å². The van der Waals surface area contributed by atoms with Crippen LogP contribution in [0.3, 0.4) is 0 Å². The van der Waals surface area contributed by atoms with Crippen LogP contribution in [0.1, 0.15) is 44.7 Å². The molecule has 0 unspecified atom stereocenters. The molecule has 0 spiro atoms. The van der Waals surface area contributed by atoms with Gasteiger partial charge in [-0.1, -0.05) is 45.9 Å². The van der Waals surface area contributed by atoms with Crippen LogP contribution in [0.25, 0.3) is 0 Å². The molecule has 2 heteroatoms. The molecule has 1 aromatic rings. The summed E-state index contributed by atoms with van der Waals surface area (Å²) >= 11 is 0. The van der Waals surface area contributed by atoms with Crippen LogP contribution in [0, 0.1) is 0 Å². The van der Waals surface area contributed by atoms with E-state index in [-0.39, 0.29) is 6.61 Å². The molecule has 0 saturated heterocycles. The molecular weight excluding hydrogens is 188 g/mol. The molecule has 1 rings (SSSR count). The van der Waals surface area contributed by atoms with Crippen LogP contribution in [-0.2, 0) is 5.41 Å². The minimum atomic E-state index is -0.394. The van der Waals surface area contributed by atoms with Gasteiger partial charge in [-0.2, -0.15) is 0 Å². The molecule has 84 valence electrons. The molecule has 0 aromatic heterocycles. The SMILES string of the molecule is CC(C)c1cccc(C(C)(C)CO)c1O. The van der Waals surface area contributed by atoms with E-state index in [1.165, 1.54) is 0 Å². The van der Waals surface area contributed by atoms with E-state index in [0.717, 1.165) is 11.1 Å². The van der Waals surface area contributed by atoms with E-state index in [9.17, 15) is 10.2 Å². The topological polar surface area (TPSA) is 40.5 Å². The molecule has 0 amide bonds. The maximum absolute atomic E-state index is 10.1. The zero-order chi connectivity index (χ0) is 11.6. The number of hydrogen-bond donors (Lipinski definition) is 2. The van der Waals surface area contributed by atoms with Gasteiger partial charge in [-0.3, -0.25) is 0 Å². The van der Waals surface area contributed by atoms with Crippen molar-refractivity contribution in [2.24, 2.45) is 0 Å². The quantitative estimate of drug-likeness (QED) is 0.802. The highest BCUT2D eigenvalue weighted by Crippen LogP contribution is 2.36. The van der Waals surface area contributed by atoms with Crippen LogP contribution in [-0.4, -0.2) is 16.8 Å². The second-order valence-electron chi connectivity index (χ2n) is 4.94. The molecule has 0 radical (unpaired) electrons. The molecular formula is C13H20O2.